The number of fused-ring (bicyclic) bond motifs is 3. The molecule has 0 aromatic heterocycles. The second-order valence-corrected chi connectivity index (χ2v) is 17.2. The Balaban J connectivity index is 1.25. The van der Waals surface area contributed by atoms with Gasteiger partial charge in [0, 0.05) is 51.6 Å². The number of alkyl carbamates (subject to hydrolysis) is 1. The number of nitrogens with one attached hydrogen (secondary N) is 4. The van der Waals surface area contributed by atoms with Gasteiger partial charge in [0.1, 0.15) is 29.3 Å². The van der Waals surface area contributed by atoms with Gasteiger partial charge in [-0.05, 0) is 57.6 Å². The highest BCUT2D eigenvalue weighted by molar-refractivity contribution is 7.87. The summed E-state index contributed by atoms with van der Waals surface area (Å²) in [6.07, 6.45) is 4.65. The molecule has 1 aliphatic carbocycles. The van der Waals surface area contributed by atoms with E-state index in [1.807, 2.05) is 36.4 Å². The highest BCUT2D eigenvalue weighted by Crippen LogP contribution is 2.46. The molecule has 5 aliphatic rings. The highest BCUT2D eigenvalue weighted by Gasteiger charge is 2.62. The van der Waals surface area contributed by atoms with E-state index in [-0.39, 0.29) is 38.9 Å². The zero-order chi connectivity index (χ0) is 38.0. The van der Waals surface area contributed by atoms with E-state index in [9.17, 15) is 32.4 Å². The van der Waals surface area contributed by atoms with Crippen LogP contribution in [0.2, 0.25) is 0 Å². The van der Waals surface area contributed by atoms with Crippen molar-refractivity contribution in [3.8, 4) is 0 Å². The molecule has 4 aliphatic heterocycles. The molecule has 16 nitrogen and oxygen atoms in total. The van der Waals surface area contributed by atoms with E-state index < -0.39 is 75.4 Å². The van der Waals surface area contributed by atoms with Gasteiger partial charge >= 0.3 is 22.4 Å². The van der Waals surface area contributed by atoms with Crippen LogP contribution in [-0.2, 0) is 47.2 Å². The third-order valence-corrected chi connectivity index (χ3v) is 11.8. The lowest BCUT2D eigenvalue weighted by Gasteiger charge is -2.31. The molecule has 0 radical (unpaired) electrons. The first-order valence-electron chi connectivity index (χ1n) is 18.5. The Morgan fingerprint density at radius 2 is 1.70 bits per heavy atom. The predicted octanol–water partition coefficient (Wildman–Crippen LogP) is 1.66. The number of ether oxygens (including phenoxy) is 2. The van der Waals surface area contributed by atoms with Gasteiger partial charge in [-0.2, -0.15) is 12.7 Å². The van der Waals surface area contributed by atoms with E-state index in [1.165, 1.54) is 9.21 Å². The van der Waals surface area contributed by atoms with E-state index >= 15 is 0 Å². The number of nitrogens with zero attached hydrogens (tertiary/aromatic N) is 3. The van der Waals surface area contributed by atoms with Crippen LogP contribution in [0, 0.1) is 5.92 Å². The Labute approximate surface area is 310 Å². The number of hydrogen-bond acceptors (Lipinski definition) is 10. The summed E-state index contributed by atoms with van der Waals surface area (Å²) in [6, 6.07) is 5.45. The van der Waals surface area contributed by atoms with E-state index in [0.717, 1.165) is 24.0 Å². The van der Waals surface area contributed by atoms with Crippen molar-refractivity contribution in [1.82, 2.24) is 34.8 Å². The highest BCUT2D eigenvalue weighted by atomic mass is 32.2. The number of carbonyl (C=O) groups excluding carboxylic acids is 5. The lowest BCUT2D eigenvalue weighted by atomic mass is 10.0. The molecule has 0 unspecified atom stereocenters. The van der Waals surface area contributed by atoms with Crippen LogP contribution in [0.25, 0.3) is 0 Å². The zero-order valence-electron chi connectivity index (χ0n) is 30.6. The maximum Gasteiger partial charge on any atom is 0.410 e. The maximum absolute atomic E-state index is 14.4. The molecule has 1 saturated carbocycles. The van der Waals surface area contributed by atoms with Gasteiger partial charge in [-0.3, -0.25) is 19.3 Å². The summed E-state index contributed by atoms with van der Waals surface area (Å²) >= 11 is 0. The summed E-state index contributed by atoms with van der Waals surface area (Å²) in [5.74, 6) is -2.59. The van der Waals surface area contributed by atoms with Gasteiger partial charge in [-0.15, -0.1) is 0 Å². The Kier molecular flexibility index (Phi) is 11.4. The summed E-state index contributed by atoms with van der Waals surface area (Å²) in [5, 5.41) is 8.61. The van der Waals surface area contributed by atoms with Crippen LogP contribution in [0.4, 0.5) is 9.59 Å². The zero-order valence-corrected chi connectivity index (χ0v) is 31.4. The fourth-order valence-corrected chi connectivity index (χ4v) is 8.66. The summed E-state index contributed by atoms with van der Waals surface area (Å²) in [4.78, 5) is 71.7. The van der Waals surface area contributed by atoms with Crippen molar-refractivity contribution in [2.45, 2.75) is 108 Å². The maximum atomic E-state index is 14.4. The van der Waals surface area contributed by atoms with Crippen molar-refractivity contribution in [3.63, 3.8) is 0 Å². The second kappa shape index (κ2) is 15.6. The average molecular weight is 758 g/mol. The fraction of sp³-hybridized carbons (Fsp3) is 0.639. The summed E-state index contributed by atoms with van der Waals surface area (Å²) in [7, 11) is -4.20. The van der Waals surface area contributed by atoms with E-state index in [4.69, 9.17) is 9.47 Å². The van der Waals surface area contributed by atoms with Crippen molar-refractivity contribution in [2.75, 3.05) is 32.7 Å². The summed E-state index contributed by atoms with van der Waals surface area (Å²) < 4.78 is 41.2. The molecule has 2 saturated heterocycles. The van der Waals surface area contributed by atoms with E-state index in [1.54, 1.807) is 25.7 Å². The van der Waals surface area contributed by atoms with Gasteiger partial charge < -0.3 is 30.3 Å². The summed E-state index contributed by atoms with van der Waals surface area (Å²) in [6.45, 7) is 6.98. The third kappa shape index (κ3) is 9.12. The monoisotopic (exact) mass is 757 g/mol. The second-order valence-electron chi connectivity index (χ2n) is 15.5. The number of hydrogen-bond donors (Lipinski definition) is 4. The van der Waals surface area contributed by atoms with Crippen LogP contribution in [-0.4, -0.2) is 114 Å². The smallest absolute Gasteiger partial charge is 0.410 e. The topological polar surface area (TPSA) is 196 Å². The molecular formula is C36H51N7O9S. The van der Waals surface area contributed by atoms with E-state index in [2.05, 4.69) is 20.7 Å². The van der Waals surface area contributed by atoms with Crippen molar-refractivity contribution in [1.29, 1.82) is 0 Å². The first kappa shape index (κ1) is 38.5. The van der Waals surface area contributed by atoms with Crippen LogP contribution in [0.3, 0.4) is 0 Å². The van der Waals surface area contributed by atoms with Crippen LogP contribution in [0.5, 0.6) is 0 Å². The van der Waals surface area contributed by atoms with Crippen molar-refractivity contribution >= 4 is 40.1 Å². The van der Waals surface area contributed by atoms with Gasteiger partial charge in [0.25, 0.3) is 5.91 Å². The predicted molar refractivity (Wildman–Crippen MR) is 192 cm³/mol. The van der Waals surface area contributed by atoms with Gasteiger partial charge in [0.15, 0.2) is 0 Å². The molecule has 6 rings (SSSR count). The van der Waals surface area contributed by atoms with Crippen molar-refractivity contribution in [3.05, 3.63) is 47.5 Å². The quantitative estimate of drug-likeness (QED) is 0.321. The van der Waals surface area contributed by atoms with Crippen LogP contribution in [0.1, 0.15) is 76.8 Å². The van der Waals surface area contributed by atoms with Gasteiger partial charge in [0.2, 0.25) is 11.8 Å². The molecule has 53 heavy (non-hydrogen) atoms. The van der Waals surface area contributed by atoms with Gasteiger partial charge in [-0.25, -0.2) is 14.3 Å². The Hall–Kier alpha value is -4.22. The molecule has 1 aromatic rings. The normalized spacial score (nSPS) is 28.4. The molecule has 5 amide bonds. The van der Waals surface area contributed by atoms with Gasteiger partial charge in [-0.1, -0.05) is 49.3 Å². The van der Waals surface area contributed by atoms with Crippen LogP contribution in [0.15, 0.2) is 36.4 Å². The molecule has 3 fully saturated rings. The molecular weight excluding hydrogens is 707 g/mol. The number of piperazine rings is 1. The lowest BCUT2D eigenvalue weighted by Crippen LogP contribution is -2.60. The van der Waals surface area contributed by atoms with E-state index in [0.29, 0.717) is 39.0 Å². The molecule has 0 spiro atoms. The van der Waals surface area contributed by atoms with Crippen molar-refractivity contribution in [2.24, 2.45) is 5.92 Å². The van der Waals surface area contributed by atoms with Crippen LogP contribution >= 0.6 is 0 Å². The minimum Gasteiger partial charge on any atom is -0.444 e. The molecule has 0 bridgehead atoms. The standard InChI is InChI=1S/C36H51N7O9S/c1-35(2,3)52-33(47)38-28-14-8-6-4-5-7-13-26-20-36(26,32(46)40-53(49,50)42-17-15-37-16-18-42)39-30(44)29-19-27(23-43(29)31(28)45)51-34(48)41-21-24-11-9-10-12-25(24)22-41/h7,9-13,26-29,37H,4-6,8,14-23H2,1-3H3,(H,38,47)(H,39,44)(H,40,46)/t26-,27-,28+,29+,36-/m1/s1. The largest absolute Gasteiger partial charge is 0.444 e. The SMILES string of the molecule is CC(C)(C)OC(=O)N[C@H]1CCCCCC=C[C@@H]2C[C@@]2(C(=O)NS(=O)(=O)N2CCNCC2)NC(=O)[C@@H]2C[C@@H](OC(=O)N3Cc4ccccc4C3)CN2C1=O. The number of rotatable bonds is 5. The molecule has 290 valence electrons. The molecule has 4 N–H and O–H groups in total. The molecule has 5 atom stereocenters. The fourth-order valence-electron chi connectivity index (χ4n) is 7.45. The molecule has 4 heterocycles. The van der Waals surface area contributed by atoms with Gasteiger partial charge in [0.05, 0.1) is 6.54 Å². The number of amides is 5. The Morgan fingerprint density at radius 3 is 2.38 bits per heavy atom. The Bertz CT molecular complexity index is 1700. The average Bonchev–Trinajstić information content (AvgIpc) is 3.40. The lowest BCUT2D eigenvalue weighted by molar-refractivity contribution is -0.141. The first-order valence-corrected chi connectivity index (χ1v) is 19.9. The molecule has 17 heteroatoms. The summed E-state index contributed by atoms with van der Waals surface area (Å²) in [5.41, 5.74) is -0.388. The third-order valence-electron chi connectivity index (χ3n) is 10.3. The Morgan fingerprint density at radius 1 is 1.00 bits per heavy atom. The van der Waals surface area contributed by atoms with Crippen LogP contribution < -0.4 is 20.7 Å². The minimum absolute atomic E-state index is 0.0689. The number of carbonyl (C=O) groups is 5. The minimum atomic E-state index is -4.20. The molecule has 1 aromatic carbocycles. The number of allylic oxidation sites excluding steroid dienone is 1. The first-order chi connectivity index (χ1) is 25.1. The van der Waals surface area contributed by atoms with Crippen molar-refractivity contribution < 1.29 is 41.9 Å². The number of benzene rings is 1.